The number of benzene rings is 1. The van der Waals surface area contributed by atoms with Gasteiger partial charge in [0.1, 0.15) is 5.82 Å². The summed E-state index contributed by atoms with van der Waals surface area (Å²) < 4.78 is 38.0. The molecule has 1 atom stereocenters. The molecule has 100 valence electrons. The lowest BCUT2D eigenvalue weighted by Crippen LogP contribution is -2.42. The van der Waals surface area contributed by atoms with E-state index in [1.807, 2.05) is 0 Å². The molecular formula is C11H15FN2O3S. The van der Waals surface area contributed by atoms with Gasteiger partial charge in [0.2, 0.25) is 15.9 Å². The smallest absolute Gasteiger partial charge is 0.242 e. The highest BCUT2D eigenvalue weighted by Gasteiger charge is 2.19. The first kappa shape index (κ1) is 14.6. The molecule has 0 heterocycles. The number of carbonyl (C=O) groups is 1. The molecule has 0 radical (unpaired) electrons. The van der Waals surface area contributed by atoms with E-state index in [2.05, 4.69) is 10.0 Å². The fraction of sp³-hybridized carbons (Fsp3) is 0.364. The molecule has 0 spiro atoms. The first-order valence-electron chi connectivity index (χ1n) is 5.41. The van der Waals surface area contributed by atoms with Crippen LogP contribution < -0.4 is 10.0 Å². The number of hydrogen-bond acceptors (Lipinski definition) is 3. The topological polar surface area (TPSA) is 75.3 Å². The molecule has 0 aromatic heterocycles. The van der Waals surface area contributed by atoms with Gasteiger partial charge in [-0.2, -0.15) is 0 Å². The van der Waals surface area contributed by atoms with Gasteiger partial charge in [-0.3, -0.25) is 4.79 Å². The summed E-state index contributed by atoms with van der Waals surface area (Å²) in [5.74, 6) is -1.31. The Hall–Kier alpha value is -1.47. The molecular weight excluding hydrogens is 259 g/mol. The summed E-state index contributed by atoms with van der Waals surface area (Å²) >= 11 is 0. The summed E-state index contributed by atoms with van der Waals surface area (Å²) in [5, 5.41) is 2.32. The van der Waals surface area contributed by atoms with Gasteiger partial charge in [0.15, 0.2) is 0 Å². The van der Waals surface area contributed by atoms with Crippen LogP contribution in [0.2, 0.25) is 0 Å². The minimum absolute atomic E-state index is 0.0186. The van der Waals surface area contributed by atoms with Crippen LogP contribution in [-0.2, 0) is 14.8 Å². The zero-order valence-electron chi connectivity index (χ0n) is 10.1. The Morgan fingerprint density at radius 2 is 2.00 bits per heavy atom. The second-order valence-corrected chi connectivity index (χ2v) is 5.75. The predicted molar refractivity (Wildman–Crippen MR) is 67.1 cm³/mol. The largest absolute Gasteiger partial charge is 0.322 e. The molecule has 18 heavy (non-hydrogen) atoms. The molecule has 1 aromatic rings. The van der Waals surface area contributed by atoms with Gasteiger partial charge in [-0.1, -0.05) is 12.1 Å². The molecule has 0 saturated carbocycles. The Labute approximate surface area is 105 Å². The van der Waals surface area contributed by atoms with Crippen molar-refractivity contribution in [3.05, 3.63) is 30.1 Å². The van der Waals surface area contributed by atoms with Crippen molar-refractivity contribution in [2.75, 3.05) is 11.1 Å². The summed E-state index contributed by atoms with van der Waals surface area (Å²) in [6.07, 6.45) is 0. The average Bonchev–Trinajstić information content (AvgIpc) is 2.31. The fourth-order valence-corrected chi connectivity index (χ4v) is 2.02. The van der Waals surface area contributed by atoms with Crippen molar-refractivity contribution in [2.45, 2.75) is 19.9 Å². The van der Waals surface area contributed by atoms with Crippen LogP contribution in [0.15, 0.2) is 24.3 Å². The zero-order valence-corrected chi connectivity index (χ0v) is 10.9. The first-order chi connectivity index (χ1) is 8.35. The third kappa shape index (κ3) is 4.08. The second-order valence-electron chi connectivity index (χ2n) is 3.71. The Kier molecular flexibility index (Phi) is 4.80. The number of anilines is 1. The number of hydrogen-bond donors (Lipinski definition) is 2. The number of rotatable bonds is 5. The minimum Gasteiger partial charge on any atom is -0.322 e. The number of sulfonamides is 1. The number of nitrogens with one attached hydrogen (secondary N) is 2. The molecule has 0 bridgehead atoms. The summed E-state index contributed by atoms with van der Waals surface area (Å²) in [6, 6.07) is 4.70. The van der Waals surface area contributed by atoms with Crippen molar-refractivity contribution < 1.29 is 17.6 Å². The van der Waals surface area contributed by atoms with Crippen molar-refractivity contribution in [3.63, 3.8) is 0 Å². The molecule has 0 aliphatic heterocycles. The van der Waals surface area contributed by atoms with Crippen molar-refractivity contribution in [2.24, 2.45) is 0 Å². The number of halogens is 1. The molecule has 7 heteroatoms. The fourth-order valence-electron chi connectivity index (χ4n) is 1.21. The van der Waals surface area contributed by atoms with Gasteiger partial charge in [-0.05, 0) is 26.0 Å². The Bertz CT molecular complexity index is 531. The van der Waals surface area contributed by atoms with E-state index in [0.29, 0.717) is 0 Å². The van der Waals surface area contributed by atoms with Gasteiger partial charge in [-0.15, -0.1) is 0 Å². The molecule has 0 aliphatic rings. The highest BCUT2D eigenvalue weighted by atomic mass is 32.2. The predicted octanol–water partition coefficient (Wildman–Crippen LogP) is 1.09. The van der Waals surface area contributed by atoms with Crippen molar-refractivity contribution in [1.29, 1.82) is 0 Å². The molecule has 2 N–H and O–H groups in total. The third-order valence-corrected chi connectivity index (χ3v) is 3.73. The minimum atomic E-state index is -3.47. The highest BCUT2D eigenvalue weighted by Crippen LogP contribution is 2.12. The van der Waals surface area contributed by atoms with E-state index in [-0.39, 0.29) is 11.4 Å². The Morgan fingerprint density at radius 3 is 2.56 bits per heavy atom. The molecule has 1 amide bonds. The molecule has 1 unspecified atom stereocenters. The van der Waals surface area contributed by atoms with E-state index in [0.717, 1.165) is 0 Å². The van der Waals surface area contributed by atoms with Crippen molar-refractivity contribution >= 4 is 21.6 Å². The number of carbonyl (C=O) groups excluding carboxylic acids is 1. The lowest BCUT2D eigenvalue weighted by atomic mass is 10.2. The van der Waals surface area contributed by atoms with Gasteiger partial charge in [0, 0.05) is 0 Å². The van der Waals surface area contributed by atoms with E-state index in [1.165, 1.54) is 32.0 Å². The van der Waals surface area contributed by atoms with E-state index in [1.54, 1.807) is 6.07 Å². The van der Waals surface area contributed by atoms with Crippen LogP contribution >= 0.6 is 0 Å². The summed E-state index contributed by atoms with van der Waals surface area (Å²) in [7, 11) is -3.47. The van der Waals surface area contributed by atoms with Gasteiger partial charge in [0.05, 0.1) is 17.5 Å². The maximum Gasteiger partial charge on any atom is 0.242 e. The number of amides is 1. The van der Waals surface area contributed by atoms with E-state index >= 15 is 0 Å². The normalized spacial score (nSPS) is 13.1. The standard InChI is InChI=1S/C11H15FN2O3S/c1-3-18(16,17)14-8(2)11(15)13-10-7-5-4-6-9(10)12/h4-8,14H,3H2,1-2H3,(H,13,15). The van der Waals surface area contributed by atoms with Crippen LogP contribution in [0.25, 0.3) is 0 Å². The molecule has 1 rings (SSSR count). The first-order valence-corrected chi connectivity index (χ1v) is 7.06. The Balaban J connectivity index is 2.69. The van der Waals surface area contributed by atoms with Gasteiger partial charge in [-0.25, -0.2) is 17.5 Å². The maximum absolute atomic E-state index is 13.3. The molecule has 5 nitrogen and oxygen atoms in total. The average molecular weight is 274 g/mol. The van der Waals surface area contributed by atoms with Gasteiger partial charge < -0.3 is 5.32 Å². The summed E-state index contributed by atoms with van der Waals surface area (Å²) in [5.41, 5.74) is 0.0186. The molecule has 1 aromatic carbocycles. The van der Waals surface area contributed by atoms with Crippen molar-refractivity contribution in [1.82, 2.24) is 4.72 Å². The Morgan fingerprint density at radius 1 is 1.39 bits per heavy atom. The maximum atomic E-state index is 13.3. The third-order valence-electron chi connectivity index (χ3n) is 2.26. The van der Waals surface area contributed by atoms with Crippen LogP contribution in [0, 0.1) is 5.82 Å². The van der Waals surface area contributed by atoms with E-state index in [4.69, 9.17) is 0 Å². The zero-order chi connectivity index (χ0) is 13.8. The lowest BCUT2D eigenvalue weighted by Gasteiger charge is -2.13. The van der Waals surface area contributed by atoms with Crippen LogP contribution in [0.4, 0.5) is 10.1 Å². The summed E-state index contributed by atoms with van der Waals surface area (Å²) in [4.78, 5) is 11.7. The monoisotopic (exact) mass is 274 g/mol. The lowest BCUT2D eigenvalue weighted by molar-refractivity contribution is -0.117. The van der Waals surface area contributed by atoms with Crippen LogP contribution in [0.5, 0.6) is 0 Å². The summed E-state index contributed by atoms with van der Waals surface area (Å²) in [6.45, 7) is 2.85. The molecule has 0 saturated heterocycles. The van der Waals surface area contributed by atoms with Crippen LogP contribution in [0.1, 0.15) is 13.8 Å². The quantitative estimate of drug-likeness (QED) is 0.844. The molecule has 0 fully saturated rings. The van der Waals surface area contributed by atoms with Crippen LogP contribution in [0.3, 0.4) is 0 Å². The van der Waals surface area contributed by atoms with Gasteiger partial charge >= 0.3 is 0 Å². The highest BCUT2D eigenvalue weighted by molar-refractivity contribution is 7.89. The number of para-hydroxylation sites is 1. The SMILES string of the molecule is CCS(=O)(=O)NC(C)C(=O)Nc1ccccc1F. The van der Waals surface area contributed by atoms with Gasteiger partial charge in [0.25, 0.3) is 0 Å². The van der Waals surface area contributed by atoms with E-state index in [9.17, 15) is 17.6 Å². The second kappa shape index (κ2) is 5.92. The van der Waals surface area contributed by atoms with E-state index < -0.39 is 27.8 Å². The van der Waals surface area contributed by atoms with Crippen molar-refractivity contribution in [3.8, 4) is 0 Å². The van der Waals surface area contributed by atoms with Crippen LogP contribution in [-0.4, -0.2) is 26.1 Å². The molecule has 0 aliphatic carbocycles.